The van der Waals surface area contributed by atoms with Gasteiger partial charge in [-0.15, -0.1) is 0 Å². The average molecular weight is 400 g/mol. The molecule has 2 rings (SSSR count). The van der Waals surface area contributed by atoms with Crippen LogP contribution in [0.1, 0.15) is 21.6 Å². The normalized spacial score (nSPS) is 11.4. The van der Waals surface area contributed by atoms with Crippen LogP contribution in [0, 0.1) is 0 Å². The van der Waals surface area contributed by atoms with Crippen LogP contribution in [0.25, 0.3) is 0 Å². The summed E-state index contributed by atoms with van der Waals surface area (Å²) in [5.74, 6) is -0.653. The van der Waals surface area contributed by atoms with Gasteiger partial charge in [0.25, 0.3) is 5.91 Å². The lowest BCUT2D eigenvalue weighted by atomic mass is 10.2. The largest absolute Gasteiger partial charge is 0.417 e. The Morgan fingerprint density at radius 3 is 2.46 bits per heavy atom. The molecule has 0 aliphatic rings. The maximum absolute atomic E-state index is 12.5. The van der Waals surface area contributed by atoms with Crippen molar-refractivity contribution in [3.05, 3.63) is 62.4 Å². The number of hydroxylamine groups is 1. The van der Waals surface area contributed by atoms with E-state index in [1.807, 2.05) is 0 Å². The van der Waals surface area contributed by atoms with Crippen LogP contribution in [0.3, 0.4) is 0 Å². The number of nitrogens with one attached hydrogen (secondary N) is 1. The van der Waals surface area contributed by atoms with Gasteiger partial charge in [0, 0.05) is 11.2 Å². The van der Waals surface area contributed by atoms with Crippen LogP contribution in [0.4, 0.5) is 13.2 Å². The Morgan fingerprint density at radius 1 is 1.17 bits per heavy atom. The van der Waals surface area contributed by atoms with E-state index in [2.05, 4.69) is 10.5 Å². The molecule has 0 aliphatic heterocycles. The molecule has 10 heteroatoms. The van der Waals surface area contributed by atoms with Crippen molar-refractivity contribution in [1.82, 2.24) is 10.5 Å². The van der Waals surface area contributed by atoms with Gasteiger partial charge in [-0.25, -0.2) is 5.48 Å². The van der Waals surface area contributed by atoms with Crippen LogP contribution >= 0.6 is 34.8 Å². The molecule has 0 radical (unpaired) electrons. The number of rotatable bonds is 4. The van der Waals surface area contributed by atoms with Crippen LogP contribution in [0.15, 0.2) is 30.5 Å². The van der Waals surface area contributed by atoms with E-state index >= 15 is 0 Å². The van der Waals surface area contributed by atoms with Crippen molar-refractivity contribution in [1.29, 1.82) is 0 Å². The van der Waals surface area contributed by atoms with Gasteiger partial charge in [0.2, 0.25) is 0 Å². The average Bonchev–Trinajstić information content (AvgIpc) is 2.47. The number of nitrogens with zero attached hydrogens (tertiary/aromatic N) is 1. The fourth-order valence-electron chi connectivity index (χ4n) is 1.63. The quantitative estimate of drug-likeness (QED) is 0.742. The lowest BCUT2D eigenvalue weighted by Crippen LogP contribution is -2.24. The predicted molar refractivity (Wildman–Crippen MR) is 83.0 cm³/mol. The van der Waals surface area contributed by atoms with Crippen molar-refractivity contribution in [2.45, 2.75) is 12.8 Å². The number of halogens is 6. The van der Waals surface area contributed by atoms with Crippen molar-refractivity contribution in [3.63, 3.8) is 0 Å². The van der Waals surface area contributed by atoms with E-state index in [1.54, 1.807) is 0 Å². The zero-order valence-corrected chi connectivity index (χ0v) is 13.9. The second-order valence-electron chi connectivity index (χ2n) is 4.49. The van der Waals surface area contributed by atoms with Crippen molar-refractivity contribution < 1.29 is 22.8 Å². The van der Waals surface area contributed by atoms with E-state index in [4.69, 9.17) is 39.6 Å². The zero-order valence-electron chi connectivity index (χ0n) is 11.6. The number of aromatic nitrogens is 1. The van der Waals surface area contributed by atoms with Crippen LogP contribution in [0.2, 0.25) is 15.1 Å². The summed E-state index contributed by atoms with van der Waals surface area (Å²) < 4.78 is 37.5. The molecule has 1 aromatic carbocycles. The summed E-state index contributed by atoms with van der Waals surface area (Å²) in [5.41, 5.74) is 1.27. The van der Waals surface area contributed by atoms with Gasteiger partial charge in [0.15, 0.2) is 0 Å². The third-order valence-electron chi connectivity index (χ3n) is 2.79. The smallest absolute Gasteiger partial charge is 0.267 e. The number of carbonyl (C=O) groups is 1. The summed E-state index contributed by atoms with van der Waals surface area (Å²) >= 11 is 17.3. The summed E-state index contributed by atoms with van der Waals surface area (Å²) in [6.45, 7) is -0.325. The summed E-state index contributed by atoms with van der Waals surface area (Å²) in [7, 11) is 0. The number of carbonyl (C=O) groups excluding carboxylic acids is 1. The van der Waals surface area contributed by atoms with Crippen LogP contribution in [-0.4, -0.2) is 10.9 Å². The van der Waals surface area contributed by atoms with E-state index in [0.717, 1.165) is 6.07 Å². The highest BCUT2D eigenvalue weighted by Crippen LogP contribution is 2.31. The fourth-order valence-corrected chi connectivity index (χ4v) is 2.34. The van der Waals surface area contributed by atoms with E-state index < -0.39 is 17.6 Å². The van der Waals surface area contributed by atoms with E-state index in [1.165, 1.54) is 18.2 Å². The number of pyridine rings is 1. The molecule has 0 aliphatic carbocycles. The Bertz CT molecular complexity index is 769. The molecule has 0 unspecified atom stereocenters. The molecular weight excluding hydrogens is 392 g/mol. The lowest BCUT2D eigenvalue weighted by molar-refractivity contribution is -0.137. The molecule has 4 nitrogen and oxygen atoms in total. The summed E-state index contributed by atoms with van der Waals surface area (Å²) in [5, 5.41) is 0.246. The van der Waals surface area contributed by atoms with Crippen LogP contribution < -0.4 is 5.48 Å². The molecule has 0 bridgehead atoms. The second-order valence-corrected chi connectivity index (χ2v) is 5.75. The summed E-state index contributed by atoms with van der Waals surface area (Å²) in [6.07, 6.45) is -3.92. The van der Waals surface area contributed by atoms with Crippen molar-refractivity contribution in [2.75, 3.05) is 0 Å². The molecule has 2 aromatic rings. The molecule has 0 fully saturated rings. The topological polar surface area (TPSA) is 51.2 Å². The molecule has 1 aromatic heterocycles. The highest BCUT2D eigenvalue weighted by molar-refractivity contribution is 6.36. The Balaban J connectivity index is 1.98. The van der Waals surface area contributed by atoms with E-state index in [0.29, 0.717) is 11.2 Å². The van der Waals surface area contributed by atoms with E-state index in [-0.39, 0.29) is 27.9 Å². The first-order valence-corrected chi connectivity index (χ1v) is 7.40. The molecule has 0 saturated carbocycles. The molecule has 1 heterocycles. The van der Waals surface area contributed by atoms with Gasteiger partial charge < -0.3 is 0 Å². The van der Waals surface area contributed by atoms with E-state index in [9.17, 15) is 18.0 Å². The maximum Gasteiger partial charge on any atom is 0.417 e. The number of amides is 1. The first-order valence-electron chi connectivity index (χ1n) is 6.27. The molecule has 0 atom stereocenters. The molecule has 128 valence electrons. The number of hydrogen-bond donors (Lipinski definition) is 1. The van der Waals surface area contributed by atoms with Gasteiger partial charge in [0.05, 0.1) is 26.9 Å². The number of alkyl halides is 3. The van der Waals surface area contributed by atoms with Gasteiger partial charge in [-0.05, 0) is 24.3 Å². The van der Waals surface area contributed by atoms with Crippen LogP contribution in [-0.2, 0) is 17.6 Å². The minimum atomic E-state index is -4.55. The monoisotopic (exact) mass is 398 g/mol. The highest BCUT2D eigenvalue weighted by atomic mass is 35.5. The SMILES string of the molecule is O=C(NOCc1ncc(C(F)(F)F)cc1Cl)c1ccc(Cl)cc1Cl. The Kier molecular flexibility index (Phi) is 5.92. The Hall–Kier alpha value is -1.54. The highest BCUT2D eigenvalue weighted by Gasteiger charge is 2.31. The first-order chi connectivity index (χ1) is 11.2. The van der Waals surface area contributed by atoms with Gasteiger partial charge in [-0.2, -0.15) is 13.2 Å². The summed E-state index contributed by atoms with van der Waals surface area (Å²) in [6, 6.07) is 4.97. The van der Waals surface area contributed by atoms with Gasteiger partial charge >= 0.3 is 6.18 Å². The van der Waals surface area contributed by atoms with Gasteiger partial charge in [-0.3, -0.25) is 14.6 Å². The molecule has 1 amide bonds. The summed E-state index contributed by atoms with van der Waals surface area (Å²) in [4.78, 5) is 20.4. The Morgan fingerprint density at radius 2 is 1.88 bits per heavy atom. The zero-order chi connectivity index (χ0) is 17.9. The second kappa shape index (κ2) is 7.57. The first kappa shape index (κ1) is 18.8. The van der Waals surface area contributed by atoms with Gasteiger partial charge in [0.1, 0.15) is 6.61 Å². The van der Waals surface area contributed by atoms with Crippen molar-refractivity contribution >= 4 is 40.7 Å². The minimum absolute atomic E-state index is 0.0344. The molecule has 0 saturated heterocycles. The molecule has 24 heavy (non-hydrogen) atoms. The van der Waals surface area contributed by atoms with Gasteiger partial charge in [-0.1, -0.05) is 34.8 Å². The Labute approximate surface area is 149 Å². The molecule has 0 spiro atoms. The maximum atomic E-state index is 12.5. The number of benzene rings is 1. The molecule has 1 N–H and O–H groups in total. The fraction of sp³-hybridized carbons (Fsp3) is 0.143. The third kappa shape index (κ3) is 4.73. The predicted octanol–water partition coefficient (Wildman–Crippen LogP) is 4.92. The molecular formula is C14H8Cl3F3N2O2. The van der Waals surface area contributed by atoms with Crippen molar-refractivity contribution in [3.8, 4) is 0 Å². The number of hydrogen-bond acceptors (Lipinski definition) is 3. The third-order valence-corrected chi connectivity index (χ3v) is 3.67. The van der Waals surface area contributed by atoms with Crippen molar-refractivity contribution in [2.24, 2.45) is 0 Å². The van der Waals surface area contributed by atoms with Crippen LogP contribution in [0.5, 0.6) is 0 Å². The standard InChI is InChI=1S/C14H8Cl3F3N2O2/c15-8-1-2-9(10(16)4-8)13(23)22-24-6-12-11(17)3-7(5-21-12)14(18,19)20/h1-5H,6H2,(H,22,23). The lowest BCUT2D eigenvalue weighted by Gasteiger charge is -2.10. The minimum Gasteiger partial charge on any atom is -0.267 e.